The van der Waals surface area contributed by atoms with Crippen molar-refractivity contribution < 1.29 is 27.8 Å². The van der Waals surface area contributed by atoms with Gasteiger partial charge in [-0.25, -0.2) is 0 Å². The summed E-state index contributed by atoms with van der Waals surface area (Å²) in [5, 5.41) is 0. The van der Waals surface area contributed by atoms with E-state index in [4.69, 9.17) is 4.74 Å². The van der Waals surface area contributed by atoms with Gasteiger partial charge in [0.05, 0.1) is 18.0 Å². The number of ether oxygens (including phenoxy) is 2. The van der Waals surface area contributed by atoms with E-state index in [0.717, 1.165) is 29.0 Å². The molecule has 0 spiro atoms. The highest BCUT2D eigenvalue weighted by Crippen LogP contribution is 2.36. The molecule has 0 unspecified atom stereocenters. The van der Waals surface area contributed by atoms with Gasteiger partial charge in [0.1, 0.15) is 0 Å². The topological polar surface area (TPSA) is 59.1 Å². The maximum absolute atomic E-state index is 13.1. The Morgan fingerprint density at radius 2 is 2.00 bits per heavy atom. The van der Waals surface area contributed by atoms with Crippen LogP contribution in [-0.4, -0.2) is 48.3 Å². The number of fused-ring (bicyclic) bond motifs is 1. The number of nitrogens with zero attached hydrogens (tertiary/aromatic N) is 2. The van der Waals surface area contributed by atoms with E-state index in [9.17, 15) is 18.4 Å². The highest BCUT2D eigenvalue weighted by molar-refractivity contribution is 8.00. The molecular weight excluding hydrogens is 450 g/mol. The molecule has 0 N–H and O–H groups in total. The van der Waals surface area contributed by atoms with Gasteiger partial charge in [-0.3, -0.25) is 9.59 Å². The normalized spacial score (nSPS) is 15.4. The van der Waals surface area contributed by atoms with Crippen LogP contribution in [0.25, 0.3) is 0 Å². The zero-order valence-corrected chi connectivity index (χ0v) is 19.2. The van der Waals surface area contributed by atoms with Gasteiger partial charge in [-0.2, -0.15) is 8.78 Å². The summed E-state index contributed by atoms with van der Waals surface area (Å²) >= 11 is 1.51. The summed E-state index contributed by atoms with van der Waals surface area (Å²) in [5.74, 6) is 0.531. The van der Waals surface area contributed by atoms with Crippen molar-refractivity contribution in [2.24, 2.45) is 0 Å². The molecule has 4 rings (SSSR count). The second-order valence-electron chi connectivity index (χ2n) is 7.90. The number of benzene rings is 2. The standard InChI is InChI=1S/C24H26F2N2O4S/c1-2-31-20-13-16(7-10-19(20)32-24(25)26)14-28(17-8-9-17)22(29)11-12-27-18-5-3-4-6-21(18)33-15-23(27)30/h3-7,10,13,17,24H,2,8-9,11-12,14-15H2,1H3. The van der Waals surface area contributed by atoms with E-state index >= 15 is 0 Å². The number of thioether (sulfide) groups is 1. The number of amides is 2. The number of hydrogen-bond donors (Lipinski definition) is 0. The second-order valence-corrected chi connectivity index (χ2v) is 8.91. The first kappa shape index (κ1) is 23.4. The SMILES string of the molecule is CCOc1cc(CN(C(=O)CCN2C(=O)CSc3ccccc32)C2CC2)ccc1OC(F)F. The summed E-state index contributed by atoms with van der Waals surface area (Å²) in [6.45, 7) is -0.210. The Morgan fingerprint density at radius 1 is 1.21 bits per heavy atom. The number of carbonyl (C=O) groups is 2. The summed E-state index contributed by atoms with van der Waals surface area (Å²) in [4.78, 5) is 30.2. The monoisotopic (exact) mass is 476 g/mol. The number of para-hydroxylation sites is 1. The van der Waals surface area contributed by atoms with Gasteiger partial charge in [-0.1, -0.05) is 18.2 Å². The minimum absolute atomic E-state index is 0.000414. The van der Waals surface area contributed by atoms with Gasteiger partial charge in [0.2, 0.25) is 11.8 Å². The quantitative estimate of drug-likeness (QED) is 0.497. The molecule has 1 aliphatic carbocycles. The first-order valence-electron chi connectivity index (χ1n) is 11.0. The highest BCUT2D eigenvalue weighted by Gasteiger charge is 2.33. The van der Waals surface area contributed by atoms with Gasteiger partial charge < -0.3 is 19.3 Å². The zero-order valence-electron chi connectivity index (χ0n) is 18.3. The first-order chi connectivity index (χ1) is 16.0. The van der Waals surface area contributed by atoms with Crippen LogP contribution in [0.2, 0.25) is 0 Å². The molecule has 1 fully saturated rings. The van der Waals surface area contributed by atoms with Gasteiger partial charge in [-0.15, -0.1) is 11.8 Å². The molecule has 2 aliphatic rings. The average molecular weight is 477 g/mol. The van der Waals surface area contributed by atoms with Crippen molar-refractivity contribution in [2.75, 3.05) is 23.8 Å². The Bertz CT molecular complexity index is 1020. The summed E-state index contributed by atoms with van der Waals surface area (Å²) < 4.78 is 35.3. The van der Waals surface area contributed by atoms with Crippen LogP contribution in [0.1, 0.15) is 31.7 Å². The fourth-order valence-corrected chi connectivity index (χ4v) is 4.80. The van der Waals surface area contributed by atoms with E-state index in [-0.39, 0.29) is 35.8 Å². The van der Waals surface area contributed by atoms with Gasteiger partial charge in [-0.05, 0) is 49.6 Å². The predicted molar refractivity (Wildman–Crippen MR) is 122 cm³/mol. The maximum atomic E-state index is 13.1. The van der Waals surface area contributed by atoms with Crippen LogP contribution < -0.4 is 14.4 Å². The number of rotatable bonds is 10. The molecule has 9 heteroatoms. The number of halogens is 2. The molecule has 1 aliphatic heterocycles. The molecule has 0 aromatic heterocycles. The maximum Gasteiger partial charge on any atom is 0.387 e. The molecular formula is C24H26F2N2O4S. The van der Waals surface area contributed by atoms with Crippen molar-refractivity contribution in [3.8, 4) is 11.5 Å². The Hall–Kier alpha value is -2.81. The Balaban J connectivity index is 1.44. The minimum atomic E-state index is -2.94. The summed E-state index contributed by atoms with van der Waals surface area (Å²) in [7, 11) is 0. The lowest BCUT2D eigenvalue weighted by molar-refractivity contribution is -0.132. The zero-order chi connectivity index (χ0) is 23.4. The molecule has 2 aromatic rings. The first-order valence-corrected chi connectivity index (χ1v) is 12.0. The Kier molecular flexibility index (Phi) is 7.37. The summed E-state index contributed by atoms with van der Waals surface area (Å²) in [6, 6.07) is 12.6. The molecule has 0 radical (unpaired) electrons. The fourth-order valence-electron chi connectivity index (χ4n) is 3.87. The third-order valence-corrected chi connectivity index (χ3v) is 6.59. The van der Waals surface area contributed by atoms with Crippen LogP contribution in [0.5, 0.6) is 11.5 Å². The van der Waals surface area contributed by atoms with Crippen LogP contribution in [0, 0.1) is 0 Å². The van der Waals surface area contributed by atoms with E-state index in [1.54, 1.807) is 24.0 Å². The van der Waals surface area contributed by atoms with E-state index in [2.05, 4.69) is 4.74 Å². The Morgan fingerprint density at radius 3 is 2.73 bits per heavy atom. The molecule has 0 saturated heterocycles. The van der Waals surface area contributed by atoms with E-state index < -0.39 is 6.61 Å². The van der Waals surface area contributed by atoms with Crippen molar-refractivity contribution in [3.05, 3.63) is 48.0 Å². The Labute approximate surface area is 195 Å². The fraction of sp³-hybridized carbons (Fsp3) is 0.417. The van der Waals surface area contributed by atoms with Gasteiger partial charge in [0.15, 0.2) is 11.5 Å². The van der Waals surface area contributed by atoms with Gasteiger partial charge >= 0.3 is 6.61 Å². The van der Waals surface area contributed by atoms with E-state index in [0.29, 0.717) is 25.4 Å². The minimum Gasteiger partial charge on any atom is -0.490 e. The van der Waals surface area contributed by atoms with Crippen LogP contribution in [-0.2, 0) is 16.1 Å². The van der Waals surface area contributed by atoms with Gasteiger partial charge in [0.25, 0.3) is 0 Å². The van der Waals surface area contributed by atoms with Crippen LogP contribution in [0.3, 0.4) is 0 Å². The van der Waals surface area contributed by atoms with Crippen LogP contribution in [0.15, 0.2) is 47.4 Å². The third kappa shape index (κ3) is 5.76. The van der Waals surface area contributed by atoms with Crippen molar-refractivity contribution in [1.82, 2.24) is 4.90 Å². The van der Waals surface area contributed by atoms with E-state index in [1.807, 2.05) is 29.2 Å². The molecule has 0 atom stereocenters. The summed E-state index contributed by atoms with van der Waals surface area (Å²) in [5.41, 5.74) is 1.62. The van der Waals surface area contributed by atoms with Crippen LogP contribution >= 0.6 is 11.8 Å². The average Bonchev–Trinajstić information content (AvgIpc) is 3.63. The molecule has 1 heterocycles. The number of hydrogen-bond acceptors (Lipinski definition) is 5. The number of anilines is 1. The highest BCUT2D eigenvalue weighted by atomic mass is 32.2. The van der Waals surface area contributed by atoms with Gasteiger partial charge in [0, 0.05) is 30.4 Å². The molecule has 0 bridgehead atoms. The lowest BCUT2D eigenvalue weighted by Gasteiger charge is -2.30. The lowest BCUT2D eigenvalue weighted by atomic mass is 10.1. The van der Waals surface area contributed by atoms with Crippen LogP contribution in [0.4, 0.5) is 14.5 Å². The molecule has 2 aromatic carbocycles. The van der Waals surface area contributed by atoms with E-state index in [1.165, 1.54) is 17.8 Å². The van der Waals surface area contributed by atoms with Crippen molar-refractivity contribution >= 4 is 29.3 Å². The predicted octanol–water partition coefficient (Wildman–Crippen LogP) is 4.71. The summed E-state index contributed by atoms with van der Waals surface area (Å²) in [6.07, 6.45) is 2.07. The van der Waals surface area contributed by atoms with Crippen molar-refractivity contribution in [2.45, 2.75) is 50.3 Å². The second kappa shape index (κ2) is 10.4. The van der Waals surface area contributed by atoms with Crippen molar-refractivity contribution in [3.63, 3.8) is 0 Å². The molecule has 33 heavy (non-hydrogen) atoms. The lowest BCUT2D eigenvalue weighted by Crippen LogP contribution is -2.40. The smallest absolute Gasteiger partial charge is 0.387 e. The molecule has 2 amide bonds. The molecule has 176 valence electrons. The number of alkyl halides is 2. The van der Waals surface area contributed by atoms with Crippen molar-refractivity contribution in [1.29, 1.82) is 0 Å². The third-order valence-electron chi connectivity index (χ3n) is 5.54. The molecule has 1 saturated carbocycles. The number of carbonyl (C=O) groups excluding carboxylic acids is 2. The largest absolute Gasteiger partial charge is 0.490 e. The molecule has 6 nitrogen and oxygen atoms in total.